The Morgan fingerprint density at radius 3 is 2.64 bits per heavy atom. The number of aromatic amines is 1. The van der Waals surface area contributed by atoms with Crippen molar-refractivity contribution in [3.63, 3.8) is 0 Å². The lowest BCUT2D eigenvalue weighted by atomic mass is 9.99. The number of unbranched alkanes of at least 4 members (excludes halogenated alkanes) is 1. The van der Waals surface area contributed by atoms with E-state index >= 15 is 0 Å². The van der Waals surface area contributed by atoms with Gasteiger partial charge in [-0.05, 0) is 43.5 Å². The number of aromatic nitrogens is 2. The molecule has 0 saturated carbocycles. The van der Waals surface area contributed by atoms with E-state index in [0.29, 0.717) is 16.6 Å². The van der Waals surface area contributed by atoms with Crippen LogP contribution in [0.3, 0.4) is 0 Å². The first kappa shape index (κ1) is 22.9. The van der Waals surface area contributed by atoms with Crippen molar-refractivity contribution in [1.29, 1.82) is 5.26 Å². The zero-order chi connectivity index (χ0) is 23.3. The summed E-state index contributed by atoms with van der Waals surface area (Å²) in [6.45, 7) is 7.13. The summed E-state index contributed by atoms with van der Waals surface area (Å²) in [5, 5.41) is 9.11. The summed E-state index contributed by atoms with van der Waals surface area (Å²) in [7, 11) is 0. The molecule has 0 radical (unpaired) electrons. The van der Waals surface area contributed by atoms with Crippen molar-refractivity contribution in [2.24, 2.45) is 0 Å². The zero-order valence-electron chi connectivity index (χ0n) is 19.5. The van der Waals surface area contributed by atoms with E-state index in [9.17, 15) is 4.79 Å². The van der Waals surface area contributed by atoms with Gasteiger partial charge < -0.3 is 4.98 Å². The normalized spacial score (nSPS) is 19.8. The number of carbonyl (C=O) groups is 1. The van der Waals surface area contributed by atoms with Crippen molar-refractivity contribution >= 4 is 11.6 Å². The van der Waals surface area contributed by atoms with Gasteiger partial charge in [0.2, 0.25) is 0 Å². The molecule has 3 aromatic rings. The quantitative estimate of drug-likeness (QED) is 0.521. The fourth-order valence-corrected chi connectivity index (χ4v) is 4.98. The van der Waals surface area contributed by atoms with Crippen molar-refractivity contribution in [2.45, 2.75) is 39.2 Å². The number of hydrogen-bond acceptors (Lipinski definition) is 4. The monoisotopic (exact) mass is 442 g/mol. The Kier molecular flexibility index (Phi) is 7.02. The first-order valence-corrected chi connectivity index (χ1v) is 11.8. The number of hydrogen-bond donors (Lipinski definition) is 1. The molecule has 2 aromatic carbocycles. The predicted octanol–water partition coefficient (Wildman–Crippen LogP) is 4.52. The van der Waals surface area contributed by atoms with Gasteiger partial charge >= 0.3 is 5.91 Å². The molecular formula is C27H32N5O+. The highest BCUT2D eigenvalue weighted by Gasteiger charge is 2.45. The van der Waals surface area contributed by atoms with E-state index < -0.39 is 0 Å². The Morgan fingerprint density at radius 1 is 1.21 bits per heavy atom. The molecule has 6 heteroatoms. The number of nitrogens with zero attached hydrogens (tertiary/aromatic N) is 4. The molecule has 6 nitrogen and oxygen atoms in total. The van der Waals surface area contributed by atoms with Crippen molar-refractivity contribution in [3.8, 4) is 6.07 Å². The molecule has 1 aliphatic rings. The van der Waals surface area contributed by atoms with E-state index in [-0.39, 0.29) is 11.9 Å². The van der Waals surface area contributed by atoms with Crippen molar-refractivity contribution in [2.75, 3.05) is 26.2 Å². The highest BCUT2D eigenvalue weighted by Crippen LogP contribution is 2.33. The summed E-state index contributed by atoms with van der Waals surface area (Å²) >= 11 is 0. The molecule has 4 rings (SSSR count). The van der Waals surface area contributed by atoms with Crippen LogP contribution in [0.2, 0.25) is 0 Å². The molecule has 0 aliphatic carbocycles. The maximum Gasteiger partial charge on any atom is 0.332 e. The summed E-state index contributed by atoms with van der Waals surface area (Å²) in [5.74, 6) is 0.258. The molecule has 1 fully saturated rings. The first-order chi connectivity index (χ1) is 16.1. The largest absolute Gasteiger partial charge is 0.347 e. The lowest BCUT2D eigenvalue weighted by molar-refractivity contribution is -0.136. The molecular weight excluding hydrogens is 410 g/mol. The Balaban J connectivity index is 1.61. The fraction of sp³-hybridized carbons (Fsp3) is 0.370. The van der Waals surface area contributed by atoms with E-state index in [4.69, 9.17) is 5.26 Å². The third-order valence-electron chi connectivity index (χ3n) is 6.89. The second-order valence-electron chi connectivity index (χ2n) is 8.95. The van der Waals surface area contributed by atoms with Gasteiger partial charge in [-0.3, -0.25) is 4.90 Å². The Labute approximate surface area is 196 Å². The molecule has 0 spiro atoms. The molecule has 1 amide bonds. The molecule has 33 heavy (non-hydrogen) atoms. The van der Waals surface area contributed by atoms with Gasteiger partial charge in [-0.25, -0.2) is 14.3 Å². The molecule has 0 bridgehead atoms. The van der Waals surface area contributed by atoms with E-state index in [1.54, 1.807) is 6.33 Å². The average Bonchev–Trinajstić information content (AvgIpc) is 3.37. The number of benzene rings is 2. The smallest absolute Gasteiger partial charge is 0.332 e. The van der Waals surface area contributed by atoms with Gasteiger partial charge in [-0.2, -0.15) is 5.26 Å². The Morgan fingerprint density at radius 2 is 2.00 bits per heavy atom. The maximum absolute atomic E-state index is 13.9. The number of quaternary nitrogens is 1. The summed E-state index contributed by atoms with van der Waals surface area (Å²) in [6, 6.07) is 18.2. The van der Waals surface area contributed by atoms with Gasteiger partial charge in [0.1, 0.15) is 18.8 Å². The highest BCUT2D eigenvalue weighted by molar-refractivity contribution is 5.91. The van der Waals surface area contributed by atoms with Crippen LogP contribution < -0.4 is 4.48 Å². The SMILES string of the molecule is CCCC[N@+]1(c2ccccc2C)CCN([C@@H](Cc2ccc(C#N)cc2)c2cnc[nH]2)CC1=O. The number of imidazole rings is 1. The van der Waals surface area contributed by atoms with Crippen LogP contribution in [0.15, 0.2) is 61.1 Å². The molecule has 1 aromatic heterocycles. The summed E-state index contributed by atoms with van der Waals surface area (Å²) in [4.78, 5) is 23.7. The first-order valence-electron chi connectivity index (χ1n) is 11.8. The third-order valence-corrected chi connectivity index (χ3v) is 6.89. The molecule has 0 unspecified atom stereocenters. The number of para-hydroxylation sites is 1. The average molecular weight is 443 g/mol. The standard InChI is InChI=1S/C27H32N5O/c1-3-4-14-32(26-8-6-5-7-21(26)2)15-13-31(19-27(32)33)25(24-18-29-20-30-24)16-22-9-11-23(17-28)12-10-22/h5-12,18,20,25H,3-4,13-16,19H2,1-2H3,(H,29,30)/q+1/t25-,32+/m0/s1. The topological polar surface area (TPSA) is 72.8 Å². The van der Waals surface area contributed by atoms with Crippen molar-refractivity contribution in [3.05, 3.63) is 83.4 Å². The minimum Gasteiger partial charge on any atom is -0.347 e. The molecule has 1 N–H and O–H groups in total. The number of nitriles is 1. The van der Waals surface area contributed by atoms with Crippen LogP contribution in [0, 0.1) is 18.3 Å². The molecule has 1 saturated heterocycles. The zero-order valence-corrected chi connectivity index (χ0v) is 19.5. The molecule has 2 atom stereocenters. The van der Waals surface area contributed by atoms with E-state index in [1.165, 1.54) is 5.56 Å². The van der Waals surface area contributed by atoms with E-state index in [2.05, 4.69) is 46.9 Å². The number of rotatable bonds is 8. The van der Waals surface area contributed by atoms with Crippen LogP contribution in [-0.4, -0.2) is 47.0 Å². The van der Waals surface area contributed by atoms with Crippen molar-refractivity contribution < 1.29 is 4.79 Å². The molecule has 170 valence electrons. The van der Waals surface area contributed by atoms with Crippen LogP contribution in [-0.2, 0) is 11.2 Å². The molecule has 1 aliphatic heterocycles. The molecule has 2 heterocycles. The van der Waals surface area contributed by atoms with Crippen LogP contribution in [0.1, 0.15) is 48.2 Å². The highest BCUT2D eigenvalue weighted by atomic mass is 16.2. The van der Waals surface area contributed by atoms with Crippen LogP contribution in [0.25, 0.3) is 0 Å². The second-order valence-corrected chi connectivity index (χ2v) is 8.95. The minimum atomic E-state index is 0.0228. The number of aryl methyl sites for hydroxylation is 1. The summed E-state index contributed by atoms with van der Waals surface area (Å²) in [5.41, 5.74) is 5.12. The van der Waals surface area contributed by atoms with Gasteiger partial charge in [0.25, 0.3) is 0 Å². The van der Waals surface area contributed by atoms with Gasteiger partial charge in [0.15, 0.2) is 0 Å². The Bertz CT molecular complexity index is 1120. The van der Waals surface area contributed by atoms with E-state index in [1.807, 2.05) is 42.6 Å². The Hall–Kier alpha value is -3.27. The number of H-pyrrole nitrogens is 1. The van der Waals surface area contributed by atoms with Gasteiger partial charge in [-0.15, -0.1) is 0 Å². The lowest BCUT2D eigenvalue weighted by Gasteiger charge is -2.44. The minimum absolute atomic E-state index is 0.0228. The van der Waals surface area contributed by atoms with E-state index in [0.717, 1.165) is 55.8 Å². The number of carbonyl (C=O) groups excluding carboxylic acids is 1. The van der Waals surface area contributed by atoms with Crippen molar-refractivity contribution in [1.82, 2.24) is 19.4 Å². The summed E-state index contributed by atoms with van der Waals surface area (Å²) < 4.78 is 0.434. The second kappa shape index (κ2) is 10.1. The van der Waals surface area contributed by atoms with Crippen LogP contribution in [0.4, 0.5) is 5.69 Å². The maximum atomic E-state index is 13.9. The van der Waals surface area contributed by atoms with Gasteiger partial charge in [-0.1, -0.05) is 43.7 Å². The number of nitrogens with one attached hydrogen (secondary N) is 1. The fourth-order valence-electron chi connectivity index (χ4n) is 4.98. The summed E-state index contributed by atoms with van der Waals surface area (Å²) in [6.07, 6.45) is 6.39. The number of piperazine rings is 1. The third kappa shape index (κ3) is 4.75. The van der Waals surface area contributed by atoms with Crippen LogP contribution >= 0.6 is 0 Å². The van der Waals surface area contributed by atoms with Gasteiger partial charge in [0.05, 0.1) is 36.2 Å². The van der Waals surface area contributed by atoms with Crippen LogP contribution in [0.5, 0.6) is 0 Å². The lowest BCUT2D eigenvalue weighted by Crippen LogP contribution is -2.65. The van der Waals surface area contributed by atoms with Gasteiger partial charge in [0, 0.05) is 18.3 Å². The predicted molar refractivity (Wildman–Crippen MR) is 130 cm³/mol. The number of amides is 1.